The van der Waals surface area contributed by atoms with Gasteiger partial charge in [0.2, 0.25) is 0 Å². The van der Waals surface area contributed by atoms with Crippen molar-refractivity contribution in [3.05, 3.63) is 46.0 Å². The summed E-state index contributed by atoms with van der Waals surface area (Å²) >= 11 is 2.16. The third-order valence-electron chi connectivity index (χ3n) is 3.94. The van der Waals surface area contributed by atoms with Crippen molar-refractivity contribution >= 4 is 56.4 Å². The number of benzene rings is 3. The SMILES string of the molecule is CC(C)OC(=O)Oc1c2ccccc2c(OC(=O)OC(C)C)c2c(I)cccc12. The molecule has 3 aromatic rings. The van der Waals surface area contributed by atoms with Crippen molar-refractivity contribution in [1.82, 2.24) is 0 Å². The Kier molecular flexibility index (Phi) is 6.46. The lowest BCUT2D eigenvalue weighted by molar-refractivity contribution is 0.0719. The Morgan fingerprint density at radius 2 is 1.21 bits per heavy atom. The molecule has 0 amide bonds. The van der Waals surface area contributed by atoms with Crippen LogP contribution in [0.2, 0.25) is 0 Å². The number of halogens is 1. The molecule has 0 aliphatic carbocycles. The average molecular weight is 508 g/mol. The van der Waals surface area contributed by atoms with E-state index in [2.05, 4.69) is 22.6 Å². The summed E-state index contributed by atoms with van der Waals surface area (Å²) in [6, 6.07) is 12.8. The van der Waals surface area contributed by atoms with E-state index in [1.165, 1.54) is 0 Å². The zero-order valence-electron chi connectivity index (χ0n) is 16.5. The molecule has 0 atom stereocenters. The first-order valence-corrected chi connectivity index (χ1v) is 10.3. The van der Waals surface area contributed by atoms with Gasteiger partial charge in [-0.2, -0.15) is 0 Å². The lowest BCUT2D eigenvalue weighted by atomic mass is 10.0. The van der Waals surface area contributed by atoms with E-state index in [9.17, 15) is 9.59 Å². The fourth-order valence-corrected chi connectivity index (χ4v) is 3.66. The fraction of sp³-hybridized carbons (Fsp3) is 0.273. The monoisotopic (exact) mass is 508 g/mol. The van der Waals surface area contributed by atoms with Crippen LogP contribution in [0.3, 0.4) is 0 Å². The predicted octanol–water partition coefficient (Wildman–Crippen LogP) is 6.45. The molecule has 0 heterocycles. The summed E-state index contributed by atoms with van der Waals surface area (Å²) in [5.74, 6) is 0.708. The summed E-state index contributed by atoms with van der Waals surface area (Å²) in [5, 5.41) is 2.52. The molecule has 0 spiro atoms. The molecule has 3 aromatic carbocycles. The predicted molar refractivity (Wildman–Crippen MR) is 119 cm³/mol. The summed E-state index contributed by atoms with van der Waals surface area (Å²) in [6.45, 7) is 6.99. The normalized spacial score (nSPS) is 11.1. The molecular formula is C22H21IO6. The minimum Gasteiger partial charge on any atom is -0.431 e. The van der Waals surface area contributed by atoms with Crippen molar-refractivity contribution in [2.75, 3.05) is 0 Å². The van der Waals surface area contributed by atoms with Gasteiger partial charge < -0.3 is 18.9 Å². The first kappa shape index (κ1) is 21.2. The first-order valence-electron chi connectivity index (χ1n) is 9.17. The van der Waals surface area contributed by atoms with Crippen LogP contribution < -0.4 is 9.47 Å². The Bertz CT molecular complexity index is 1070. The van der Waals surface area contributed by atoms with E-state index in [0.717, 1.165) is 3.57 Å². The summed E-state index contributed by atoms with van der Waals surface area (Å²) in [6.07, 6.45) is -2.21. The van der Waals surface area contributed by atoms with Gasteiger partial charge in [0.25, 0.3) is 0 Å². The lowest BCUT2D eigenvalue weighted by Gasteiger charge is -2.18. The van der Waals surface area contributed by atoms with Gasteiger partial charge in [0.15, 0.2) is 11.5 Å². The highest BCUT2D eigenvalue weighted by molar-refractivity contribution is 14.1. The highest BCUT2D eigenvalue weighted by Crippen LogP contribution is 2.44. The van der Waals surface area contributed by atoms with E-state index < -0.39 is 12.3 Å². The minimum absolute atomic E-state index is 0.312. The Labute approximate surface area is 182 Å². The molecule has 0 bridgehead atoms. The Morgan fingerprint density at radius 1 is 0.724 bits per heavy atom. The van der Waals surface area contributed by atoms with Gasteiger partial charge in [0, 0.05) is 25.1 Å². The molecule has 0 aromatic heterocycles. The highest BCUT2D eigenvalue weighted by atomic mass is 127. The third kappa shape index (κ3) is 4.72. The first-order chi connectivity index (χ1) is 13.8. The van der Waals surface area contributed by atoms with E-state index in [0.29, 0.717) is 33.0 Å². The second-order valence-electron chi connectivity index (χ2n) is 6.90. The van der Waals surface area contributed by atoms with Crippen LogP contribution >= 0.6 is 22.6 Å². The van der Waals surface area contributed by atoms with Gasteiger partial charge >= 0.3 is 12.3 Å². The van der Waals surface area contributed by atoms with Crippen LogP contribution in [0.4, 0.5) is 9.59 Å². The van der Waals surface area contributed by atoms with E-state index in [1.54, 1.807) is 39.8 Å². The van der Waals surface area contributed by atoms with E-state index in [4.69, 9.17) is 18.9 Å². The maximum absolute atomic E-state index is 12.3. The zero-order valence-corrected chi connectivity index (χ0v) is 18.7. The number of carbonyl (C=O) groups excluding carboxylic acids is 2. The van der Waals surface area contributed by atoms with Gasteiger partial charge in [-0.25, -0.2) is 9.59 Å². The van der Waals surface area contributed by atoms with Gasteiger partial charge in [-0.1, -0.05) is 36.4 Å². The van der Waals surface area contributed by atoms with Gasteiger partial charge in [0.1, 0.15) is 0 Å². The molecule has 0 aliphatic rings. The number of hydrogen-bond donors (Lipinski definition) is 0. The smallest absolute Gasteiger partial charge is 0.431 e. The van der Waals surface area contributed by atoms with E-state index in [-0.39, 0.29) is 12.2 Å². The van der Waals surface area contributed by atoms with Crippen LogP contribution in [0.25, 0.3) is 21.5 Å². The average Bonchev–Trinajstić information content (AvgIpc) is 2.63. The fourth-order valence-electron chi connectivity index (χ4n) is 2.92. The van der Waals surface area contributed by atoms with Gasteiger partial charge in [-0.15, -0.1) is 0 Å². The molecule has 0 fully saturated rings. The number of fused-ring (bicyclic) bond motifs is 2. The number of rotatable bonds is 4. The zero-order chi connectivity index (χ0) is 21.1. The third-order valence-corrected chi connectivity index (χ3v) is 4.84. The number of hydrogen-bond acceptors (Lipinski definition) is 6. The van der Waals surface area contributed by atoms with Crippen molar-refractivity contribution in [2.24, 2.45) is 0 Å². The van der Waals surface area contributed by atoms with Crippen LogP contribution in [0.5, 0.6) is 11.5 Å². The summed E-state index contributed by atoms with van der Waals surface area (Å²) in [7, 11) is 0. The van der Waals surface area contributed by atoms with Crippen molar-refractivity contribution < 1.29 is 28.5 Å². The molecule has 0 aliphatic heterocycles. The second kappa shape index (κ2) is 8.86. The molecule has 0 N–H and O–H groups in total. The van der Waals surface area contributed by atoms with Crippen LogP contribution in [-0.2, 0) is 9.47 Å². The molecule has 0 radical (unpaired) electrons. The Balaban J connectivity index is 2.25. The largest absolute Gasteiger partial charge is 0.514 e. The molecular weight excluding hydrogens is 487 g/mol. The molecule has 0 saturated carbocycles. The maximum Gasteiger partial charge on any atom is 0.514 e. The molecule has 6 nitrogen and oxygen atoms in total. The van der Waals surface area contributed by atoms with Crippen molar-refractivity contribution in [3.63, 3.8) is 0 Å². The van der Waals surface area contributed by atoms with Crippen LogP contribution in [-0.4, -0.2) is 24.5 Å². The quantitative estimate of drug-likeness (QED) is 0.175. The highest BCUT2D eigenvalue weighted by Gasteiger charge is 2.23. The second-order valence-corrected chi connectivity index (χ2v) is 8.07. The molecule has 29 heavy (non-hydrogen) atoms. The Morgan fingerprint density at radius 3 is 1.76 bits per heavy atom. The van der Waals surface area contributed by atoms with Crippen molar-refractivity contribution in [1.29, 1.82) is 0 Å². The molecule has 152 valence electrons. The standard InChI is InChI=1S/C22H21IO6/c1-12(2)26-21(24)28-19-14-8-5-6-9-15(14)20(29-22(25)27-13(3)4)18-16(19)10-7-11-17(18)23/h5-13H,1-4H3. The maximum atomic E-state index is 12.3. The van der Waals surface area contributed by atoms with E-state index in [1.807, 2.05) is 30.3 Å². The van der Waals surface area contributed by atoms with E-state index >= 15 is 0 Å². The lowest BCUT2D eigenvalue weighted by Crippen LogP contribution is -2.17. The summed E-state index contributed by atoms with van der Waals surface area (Å²) < 4.78 is 22.4. The van der Waals surface area contributed by atoms with Crippen LogP contribution in [0, 0.1) is 3.57 Å². The van der Waals surface area contributed by atoms with Crippen molar-refractivity contribution in [2.45, 2.75) is 39.9 Å². The molecule has 7 heteroatoms. The molecule has 0 saturated heterocycles. The molecule has 3 rings (SSSR count). The summed E-state index contributed by atoms with van der Waals surface area (Å²) in [5.41, 5.74) is 0. The van der Waals surface area contributed by atoms with Gasteiger partial charge in [-0.05, 0) is 56.4 Å². The van der Waals surface area contributed by atoms with Crippen molar-refractivity contribution in [3.8, 4) is 11.5 Å². The summed E-state index contributed by atoms with van der Waals surface area (Å²) in [4.78, 5) is 24.5. The van der Waals surface area contributed by atoms with Crippen LogP contribution in [0.15, 0.2) is 42.5 Å². The topological polar surface area (TPSA) is 71.1 Å². The van der Waals surface area contributed by atoms with Gasteiger partial charge in [0.05, 0.1) is 12.2 Å². The minimum atomic E-state index is -0.793. The van der Waals surface area contributed by atoms with Crippen LogP contribution in [0.1, 0.15) is 27.7 Å². The molecule has 0 unspecified atom stereocenters. The number of ether oxygens (including phenoxy) is 4. The number of carbonyl (C=O) groups is 2. The van der Waals surface area contributed by atoms with Gasteiger partial charge in [-0.3, -0.25) is 0 Å². The Hall–Kier alpha value is -2.55.